The number of aromatic amines is 1. The number of nitrogens with one attached hydrogen (secondary N) is 1. The Labute approximate surface area is 190 Å². The number of aliphatic hydroxyl groups is 1. The number of alkyl halides is 1. The fourth-order valence-electron chi connectivity index (χ4n) is 3.56. The Balaban J connectivity index is 1.46. The standard InChI is InChI=1S/C19H20ClF2N2O8P/c1-9-7-24(19(27)23-17(9)26)18-15(22)16(25)14(31-18)8-30-33(28)29-5-4-13(32-33)11-6-10(20)2-3-12(11)21/h2-3,6-7,13-16,18,25H,4-5,8H2,1H3,(H,23,26,27)/t13?,14-,15+,16-,18-,33?/m0/s1. The van der Waals surface area contributed by atoms with Crippen molar-refractivity contribution in [1.29, 1.82) is 0 Å². The number of halogens is 3. The van der Waals surface area contributed by atoms with Crippen molar-refractivity contribution in [3.8, 4) is 0 Å². The molecule has 1 aromatic carbocycles. The Morgan fingerprint density at radius 2 is 2.15 bits per heavy atom. The molecule has 3 heterocycles. The molecule has 0 bridgehead atoms. The second kappa shape index (κ2) is 9.38. The molecule has 2 N–H and O–H groups in total. The van der Waals surface area contributed by atoms with Crippen LogP contribution in [-0.2, 0) is 22.9 Å². The van der Waals surface area contributed by atoms with Crippen LogP contribution in [0.3, 0.4) is 0 Å². The molecule has 10 nitrogen and oxygen atoms in total. The topological polar surface area (TPSA) is 129 Å². The molecule has 2 unspecified atom stereocenters. The average molecular weight is 509 g/mol. The van der Waals surface area contributed by atoms with Gasteiger partial charge in [-0.15, -0.1) is 0 Å². The van der Waals surface area contributed by atoms with E-state index in [9.17, 15) is 28.0 Å². The van der Waals surface area contributed by atoms with Crippen molar-refractivity contribution in [2.75, 3.05) is 13.2 Å². The third-order valence-corrected chi connectivity index (χ3v) is 7.01. The van der Waals surface area contributed by atoms with Crippen molar-refractivity contribution in [2.24, 2.45) is 0 Å². The fraction of sp³-hybridized carbons (Fsp3) is 0.474. The van der Waals surface area contributed by atoms with E-state index in [1.807, 2.05) is 4.98 Å². The van der Waals surface area contributed by atoms with Crippen LogP contribution in [0.15, 0.2) is 34.0 Å². The second-order valence-electron chi connectivity index (χ2n) is 7.60. The molecule has 4 rings (SSSR count). The molecule has 14 heteroatoms. The lowest BCUT2D eigenvalue weighted by atomic mass is 10.1. The van der Waals surface area contributed by atoms with Crippen molar-refractivity contribution in [1.82, 2.24) is 9.55 Å². The number of phosphoric acid groups is 1. The van der Waals surface area contributed by atoms with Crippen LogP contribution in [-0.4, -0.2) is 46.3 Å². The second-order valence-corrected chi connectivity index (χ2v) is 9.66. The monoisotopic (exact) mass is 508 g/mol. The summed E-state index contributed by atoms with van der Waals surface area (Å²) in [5.41, 5.74) is -1.36. The molecule has 2 aliphatic rings. The Kier molecular flexibility index (Phi) is 6.88. The van der Waals surface area contributed by atoms with Crippen LogP contribution in [0, 0.1) is 12.7 Å². The quantitative estimate of drug-likeness (QED) is 0.590. The zero-order valence-electron chi connectivity index (χ0n) is 17.2. The first-order chi connectivity index (χ1) is 15.6. The maximum atomic E-state index is 14.7. The van der Waals surface area contributed by atoms with E-state index < -0.39 is 62.2 Å². The fourth-order valence-corrected chi connectivity index (χ4v) is 5.12. The maximum Gasteiger partial charge on any atom is 0.475 e. The van der Waals surface area contributed by atoms with E-state index in [0.717, 1.165) is 16.8 Å². The molecule has 0 spiro atoms. The highest BCUT2D eigenvalue weighted by atomic mass is 35.5. The van der Waals surface area contributed by atoms with Gasteiger partial charge in [-0.2, -0.15) is 0 Å². The van der Waals surface area contributed by atoms with Crippen molar-refractivity contribution in [2.45, 2.75) is 44.1 Å². The molecule has 0 radical (unpaired) electrons. The van der Waals surface area contributed by atoms with Crippen LogP contribution in [0.1, 0.15) is 29.9 Å². The van der Waals surface area contributed by atoms with E-state index in [4.69, 9.17) is 29.9 Å². The third kappa shape index (κ3) is 4.97. The molecule has 2 fully saturated rings. The van der Waals surface area contributed by atoms with Crippen LogP contribution in [0.25, 0.3) is 0 Å². The van der Waals surface area contributed by atoms with E-state index >= 15 is 0 Å². The van der Waals surface area contributed by atoms with E-state index in [1.54, 1.807) is 0 Å². The van der Waals surface area contributed by atoms with Gasteiger partial charge in [0, 0.05) is 28.8 Å². The molecule has 2 aliphatic heterocycles. The number of aromatic nitrogens is 2. The van der Waals surface area contributed by atoms with E-state index in [-0.39, 0.29) is 29.2 Å². The normalized spacial score (nSPS) is 32.2. The number of ether oxygens (including phenoxy) is 1. The van der Waals surface area contributed by atoms with Crippen LogP contribution in [0.4, 0.5) is 8.78 Å². The predicted octanol–water partition coefficient (Wildman–Crippen LogP) is 2.54. The first-order valence-electron chi connectivity index (χ1n) is 9.90. The molecule has 1 aromatic heterocycles. The van der Waals surface area contributed by atoms with Gasteiger partial charge < -0.3 is 9.84 Å². The van der Waals surface area contributed by atoms with Crippen LogP contribution < -0.4 is 11.2 Å². The average Bonchev–Trinajstić information content (AvgIpc) is 3.05. The number of rotatable bonds is 5. The van der Waals surface area contributed by atoms with Crippen molar-refractivity contribution >= 4 is 19.4 Å². The van der Waals surface area contributed by atoms with Gasteiger partial charge in [0.2, 0.25) is 0 Å². The summed E-state index contributed by atoms with van der Waals surface area (Å²) >= 11 is 5.90. The molecule has 180 valence electrons. The van der Waals surface area contributed by atoms with E-state index in [2.05, 4.69) is 0 Å². The Morgan fingerprint density at radius 1 is 1.39 bits per heavy atom. The minimum atomic E-state index is -4.22. The first kappa shape index (κ1) is 24.2. The largest absolute Gasteiger partial charge is 0.475 e. The lowest BCUT2D eigenvalue weighted by Crippen LogP contribution is -2.36. The van der Waals surface area contributed by atoms with Crippen molar-refractivity contribution in [3.63, 3.8) is 0 Å². The van der Waals surface area contributed by atoms with Gasteiger partial charge in [0.15, 0.2) is 12.4 Å². The SMILES string of the molecule is Cc1cn([C@H]2O[C@@H](COP3(=O)OCCC(c4cc(Cl)ccc4F)O3)[C@H](O)[C@H]2F)c(=O)[nH]c1=O. The minimum absolute atomic E-state index is 0.0727. The van der Waals surface area contributed by atoms with Gasteiger partial charge in [-0.1, -0.05) is 11.6 Å². The van der Waals surface area contributed by atoms with E-state index in [1.165, 1.54) is 19.1 Å². The first-order valence-corrected chi connectivity index (χ1v) is 11.7. The summed E-state index contributed by atoms with van der Waals surface area (Å²) in [5.74, 6) is -0.614. The number of phosphoric ester groups is 1. The van der Waals surface area contributed by atoms with Gasteiger partial charge >= 0.3 is 13.5 Å². The number of hydrogen-bond donors (Lipinski definition) is 2. The Bertz CT molecular complexity index is 1210. The van der Waals surface area contributed by atoms with Crippen molar-refractivity contribution in [3.05, 3.63) is 67.2 Å². The van der Waals surface area contributed by atoms with Gasteiger partial charge in [-0.25, -0.2) is 18.1 Å². The predicted molar refractivity (Wildman–Crippen MR) is 110 cm³/mol. The lowest BCUT2D eigenvalue weighted by Gasteiger charge is -2.30. The Hall–Kier alpha value is -1.92. The number of hydrogen-bond acceptors (Lipinski definition) is 8. The minimum Gasteiger partial charge on any atom is -0.387 e. The van der Waals surface area contributed by atoms with Gasteiger partial charge in [-0.3, -0.25) is 27.9 Å². The summed E-state index contributed by atoms with van der Waals surface area (Å²) in [5, 5.41) is 10.5. The number of nitrogens with zero attached hydrogens (tertiary/aromatic N) is 1. The smallest absolute Gasteiger partial charge is 0.387 e. The van der Waals surface area contributed by atoms with Gasteiger partial charge in [0.05, 0.1) is 19.3 Å². The number of aliphatic hydroxyl groups excluding tert-OH is 1. The molecule has 0 amide bonds. The molecular weight excluding hydrogens is 489 g/mol. The Morgan fingerprint density at radius 3 is 2.91 bits per heavy atom. The van der Waals surface area contributed by atoms with Gasteiger partial charge in [-0.05, 0) is 25.1 Å². The molecule has 0 saturated carbocycles. The summed E-state index contributed by atoms with van der Waals surface area (Å²) in [6, 6.07) is 3.84. The molecule has 6 atom stereocenters. The number of H-pyrrole nitrogens is 1. The highest BCUT2D eigenvalue weighted by molar-refractivity contribution is 7.48. The molecule has 33 heavy (non-hydrogen) atoms. The van der Waals surface area contributed by atoms with Gasteiger partial charge in [0.1, 0.15) is 18.0 Å². The summed E-state index contributed by atoms with van der Waals surface area (Å²) in [6.07, 6.45) is -6.38. The van der Waals surface area contributed by atoms with Crippen molar-refractivity contribution < 1.29 is 36.8 Å². The number of aryl methyl sites for hydroxylation is 1. The highest BCUT2D eigenvalue weighted by Gasteiger charge is 2.47. The van der Waals surface area contributed by atoms with Gasteiger partial charge in [0.25, 0.3) is 5.56 Å². The lowest BCUT2D eigenvalue weighted by molar-refractivity contribution is -0.0573. The zero-order valence-corrected chi connectivity index (χ0v) is 18.8. The highest BCUT2D eigenvalue weighted by Crippen LogP contribution is 2.57. The molecular formula is C19H20ClF2N2O8P. The van der Waals surface area contributed by atoms with E-state index in [0.29, 0.717) is 0 Å². The summed E-state index contributed by atoms with van der Waals surface area (Å²) in [6.45, 7) is 0.718. The number of benzene rings is 1. The van der Waals surface area contributed by atoms with Crippen LogP contribution >= 0.6 is 19.4 Å². The summed E-state index contributed by atoms with van der Waals surface area (Å²) in [7, 11) is -4.22. The summed E-state index contributed by atoms with van der Waals surface area (Å²) in [4.78, 5) is 25.6. The molecule has 0 aliphatic carbocycles. The zero-order chi connectivity index (χ0) is 23.9. The van der Waals surface area contributed by atoms with Crippen LogP contribution in [0.2, 0.25) is 5.02 Å². The molecule has 2 aromatic rings. The van der Waals surface area contributed by atoms with Crippen LogP contribution in [0.5, 0.6) is 0 Å². The maximum absolute atomic E-state index is 14.7. The summed E-state index contributed by atoms with van der Waals surface area (Å²) < 4.78 is 63.6. The third-order valence-electron chi connectivity index (χ3n) is 5.30. The molecule has 2 saturated heterocycles.